The van der Waals surface area contributed by atoms with E-state index in [1.165, 1.54) is 6.21 Å². The Bertz CT molecular complexity index is 1490. The molecule has 0 unspecified atom stereocenters. The molecular formula is C25H19N5O. The van der Waals surface area contributed by atoms with Crippen LogP contribution in [0.3, 0.4) is 0 Å². The fourth-order valence-corrected chi connectivity index (χ4v) is 3.54. The van der Waals surface area contributed by atoms with E-state index < -0.39 is 0 Å². The van der Waals surface area contributed by atoms with E-state index in [1.807, 2.05) is 85.8 Å². The number of anilines is 1. The van der Waals surface area contributed by atoms with Crippen molar-refractivity contribution in [2.45, 2.75) is 6.92 Å². The van der Waals surface area contributed by atoms with Crippen LogP contribution < -0.4 is 11.0 Å². The molecule has 6 heteroatoms. The number of hydrogen-bond donors (Lipinski definition) is 2. The number of aromatic amines is 1. The van der Waals surface area contributed by atoms with E-state index in [0.717, 1.165) is 38.6 Å². The molecule has 3 aromatic carbocycles. The summed E-state index contributed by atoms with van der Waals surface area (Å²) in [5, 5.41) is 6.14. The summed E-state index contributed by atoms with van der Waals surface area (Å²) < 4.78 is 0. The summed E-state index contributed by atoms with van der Waals surface area (Å²) in [6.45, 7) is 2.02. The summed E-state index contributed by atoms with van der Waals surface area (Å²) in [5.74, 6) is 0.363. The molecule has 0 radical (unpaired) electrons. The van der Waals surface area contributed by atoms with Gasteiger partial charge in [-0.3, -0.25) is 4.79 Å². The number of H-pyrrole nitrogens is 1. The average molecular weight is 405 g/mol. The molecule has 0 saturated heterocycles. The van der Waals surface area contributed by atoms with Gasteiger partial charge in [-0.05, 0) is 36.6 Å². The molecule has 0 aliphatic rings. The van der Waals surface area contributed by atoms with Gasteiger partial charge in [0.1, 0.15) is 0 Å². The first-order valence-corrected chi connectivity index (χ1v) is 9.92. The van der Waals surface area contributed by atoms with Crippen LogP contribution in [0.5, 0.6) is 0 Å². The van der Waals surface area contributed by atoms with Crippen molar-refractivity contribution in [3.8, 4) is 11.3 Å². The van der Waals surface area contributed by atoms with E-state index in [2.05, 4.69) is 25.5 Å². The minimum absolute atomic E-state index is 0.202. The van der Waals surface area contributed by atoms with E-state index in [0.29, 0.717) is 11.5 Å². The fourth-order valence-electron chi connectivity index (χ4n) is 3.54. The summed E-state index contributed by atoms with van der Waals surface area (Å²) in [6, 6.07) is 25.5. The van der Waals surface area contributed by atoms with Crippen LogP contribution in [0.4, 0.5) is 5.95 Å². The van der Waals surface area contributed by atoms with E-state index in [-0.39, 0.29) is 5.56 Å². The molecule has 6 nitrogen and oxygen atoms in total. The summed E-state index contributed by atoms with van der Waals surface area (Å²) in [7, 11) is 0. The van der Waals surface area contributed by atoms with E-state index in [4.69, 9.17) is 0 Å². The Kier molecular flexibility index (Phi) is 4.72. The molecule has 150 valence electrons. The maximum atomic E-state index is 12.4. The van der Waals surface area contributed by atoms with Gasteiger partial charge in [0.25, 0.3) is 5.56 Å². The third kappa shape index (κ3) is 3.79. The number of rotatable bonds is 4. The molecule has 0 spiro atoms. The second-order valence-electron chi connectivity index (χ2n) is 7.29. The van der Waals surface area contributed by atoms with Crippen LogP contribution in [0.15, 0.2) is 88.8 Å². The van der Waals surface area contributed by atoms with Crippen LogP contribution in [0.1, 0.15) is 11.1 Å². The predicted molar refractivity (Wildman–Crippen MR) is 125 cm³/mol. The van der Waals surface area contributed by atoms with Gasteiger partial charge in [0.05, 0.1) is 23.0 Å². The molecule has 31 heavy (non-hydrogen) atoms. The lowest BCUT2D eigenvalue weighted by Gasteiger charge is -2.08. The first-order chi connectivity index (χ1) is 15.2. The number of nitrogens with one attached hydrogen (secondary N) is 2. The number of aryl methyl sites for hydroxylation is 1. The molecule has 0 aliphatic heterocycles. The molecule has 2 aromatic heterocycles. The number of hydrogen-bond acceptors (Lipinski definition) is 5. The van der Waals surface area contributed by atoms with Crippen LogP contribution >= 0.6 is 0 Å². The summed E-state index contributed by atoms with van der Waals surface area (Å²) in [5.41, 5.74) is 7.68. The smallest absolute Gasteiger partial charge is 0.257 e. The van der Waals surface area contributed by atoms with Crippen molar-refractivity contribution >= 4 is 34.0 Å². The van der Waals surface area contributed by atoms with Crippen LogP contribution in [0.25, 0.3) is 33.1 Å². The van der Waals surface area contributed by atoms with Gasteiger partial charge in [-0.25, -0.2) is 15.4 Å². The molecule has 5 rings (SSSR count). The largest absolute Gasteiger partial charge is 0.321 e. The second kappa shape index (κ2) is 7.84. The van der Waals surface area contributed by atoms with Gasteiger partial charge >= 0.3 is 0 Å². The molecule has 0 saturated carbocycles. The Morgan fingerprint density at radius 2 is 1.74 bits per heavy atom. The highest BCUT2D eigenvalue weighted by Crippen LogP contribution is 2.27. The molecule has 0 atom stereocenters. The number of aromatic nitrogens is 3. The quantitative estimate of drug-likeness (QED) is 0.329. The van der Waals surface area contributed by atoms with Gasteiger partial charge < -0.3 is 4.98 Å². The second-order valence-corrected chi connectivity index (χ2v) is 7.29. The normalized spacial score (nSPS) is 11.4. The van der Waals surface area contributed by atoms with Crippen LogP contribution in [0, 0.1) is 6.92 Å². The zero-order valence-electron chi connectivity index (χ0n) is 16.8. The standard InChI is InChI=1S/C25H19N5O/c1-16-11-12-21-18(13-16)14-19(24(31)27-21)15-26-30-25-28-22-10-6-5-9-20(22)23(29-25)17-7-3-2-4-8-17/h2-15H,1H3,(H,27,31)(H,28,29,30)/b26-15+. The van der Waals surface area contributed by atoms with E-state index in [9.17, 15) is 4.79 Å². The van der Waals surface area contributed by atoms with Gasteiger partial charge in [0.15, 0.2) is 0 Å². The van der Waals surface area contributed by atoms with Gasteiger partial charge in [-0.2, -0.15) is 5.10 Å². The first-order valence-electron chi connectivity index (χ1n) is 9.92. The van der Waals surface area contributed by atoms with Gasteiger partial charge in [-0.1, -0.05) is 60.2 Å². The highest BCUT2D eigenvalue weighted by atomic mass is 16.1. The van der Waals surface area contributed by atoms with Gasteiger partial charge in [0.2, 0.25) is 5.95 Å². The Labute approximate surface area is 178 Å². The monoisotopic (exact) mass is 405 g/mol. The number of para-hydroxylation sites is 1. The van der Waals surface area contributed by atoms with Crippen molar-refractivity contribution in [3.05, 3.63) is 100 Å². The lowest BCUT2D eigenvalue weighted by Crippen LogP contribution is -2.12. The molecule has 0 aliphatic carbocycles. The van der Waals surface area contributed by atoms with E-state index >= 15 is 0 Å². The van der Waals surface area contributed by atoms with Crippen LogP contribution in [0.2, 0.25) is 0 Å². The van der Waals surface area contributed by atoms with Gasteiger partial charge in [-0.15, -0.1) is 0 Å². The Hall–Kier alpha value is -4.32. The zero-order valence-corrected chi connectivity index (χ0v) is 16.8. The lowest BCUT2D eigenvalue weighted by atomic mass is 10.1. The van der Waals surface area contributed by atoms with Crippen molar-refractivity contribution < 1.29 is 0 Å². The highest BCUT2D eigenvalue weighted by molar-refractivity contribution is 5.93. The topological polar surface area (TPSA) is 83.0 Å². The Morgan fingerprint density at radius 1 is 0.935 bits per heavy atom. The maximum Gasteiger partial charge on any atom is 0.257 e. The van der Waals surface area contributed by atoms with E-state index in [1.54, 1.807) is 0 Å². The average Bonchev–Trinajstić information content (AvgIpc) is 2.80. The van der Waals surface area contributed by atoms with Gasteiger partial charge in [0, 0.05) is 16.5 Å². The summed E-state index contributed by atoms with van der Waals surface area (Å²) in [6.07, 6.45) is 1.49. The third-order valence-electron chi connectivity index (χ3n) is 5.05. The maximum absolute atomic E-state index is 12.4. The Morgan fingerprint density at radius 3 is 2.61 bits per heavy atom. The molecule has 0 fully saturated rings. The Balaban J connectivity index is 1.50. The fraction of sp³-hybridized carbons (Fsp3) is 0.0400. The van der Waals surface area contributed by atoms with Crippen LogP contribution in [-0.2, 0) is 0 Å². The minimum Gasteiger partial charge on any atom is -0.321 e. The first kappa shape index (κ1) is 18.7. The van der Waals surface area contributed by atoms with Crippen molar-refractivity contribution in [1.82, 2.24) is 15.0 Å². The molecular weight excluding hydrogens is 386 g/mol. The number of nitrogens with zero attached hydrogens (tertiary/aromatic N) is 3. The number of hydrazone groups is 1. The number of fused-ring (bicyclic) bond motifs is 2. The van der Waals surface area contributed by atoms with Crippen molar-refractivity contribution in [3.63, 3.8) is 0 Å². The SMILES string of the molecule is Cc1ccc2[nH]c(=O)c(/C=N/Nc3nc(-c4ccccc4)c4ccccc4n3)cc2c1. The molecule has 2 N–H and O–H groups in total. The number of benzene rings is 3. The highest BCUT2D eigenvalue weighted by Gasteiger charge is 2.09. The lowest BCUT2D eigenvalue weighted by molar-refractivity contribution is 1.15. The van der Waals surface area contributed by atoms with Crippen molar-refractivity contribution in [1.29, 1.82) is 0 Å². The summed E-state index contributed by atoms with van der Waals surface area (Å²) >= 11 is 0. The minimum atomic E-state index is -0.202. The number of pyridine rings is 1. The summed E-state index contributed by atoms with van der Waals surface area (Å²) in [4.78, 5) is 24.5. The predicted octanol–water partition coefficient (Wildman–Crippen LogP) is 4.89. The third-order valence-corrected chi connectivity index (χ3v) is 5.05. The molecule has 2 heterocycles. The molecule has 0 amide bonds. The molecule has 5 aromatic rings. The zero-order chi connectivity index (χ0) is 21.2. The van der Waals surface area contributed by atoms with Crippen LogP contribution in [-0.4, -0.2) is 21.2 Å². The van der Waals surface area contributed by atoms with Crippen molar-refractivity contribution in [2.24, 2.45) is 5.10 Å². The molecule has 0 bridgehead atoms. The van der Waals surface area contributed by atoms with Crippen molar-refractivity contribution in [2.75, 3.05) is 5.43 Å².